The van der Waals surface area contributed by atoms with Gasteiger partial charge in [-0.05, 0) is 41.4 Å². The lowest BCUT2D eigenvalue weighted by molar-refractivity contribution is -0.385. The first-order valence-electron chi connectivity index (χ1n) is 6.30. The number of rotatable bonds is 3. The Morgan fingerprint density at radius 3 is 2.67 bits per heavy atom. The molecule has 2 rings (SSSR count). The number of hydrogen-bond acceptors (Lipinski definition) is 4. The van der Waals surface area contributed by atoms with Crippen LogP contribution in [0.2, 0.25) is 0 Å². The number of hydrogen-bond donors (Lipinski definition) is 1. The lowest BCUT2D eigenvalue weighted by Crippen LogP contribution is -2.37. The third-order valence-electron chi connectivity index (χ3n) is 3.72. The number of benzene rings is 1. The van der Waals surface area contributed by atoms with Gasteiger partial charge in [0.15, 0.2) is 0 Å². The van der Waals surface area contributed by atoms with Gasteiger partial charge in [0.2, 0.25) is 0 Å². The molecule has 0 bridgehead atoms. The van der Waals surface area contributed by atoms with E-state index in [9.17, 15) is 19.7 Å². The molecule has 7 nitrogen and oxygen atoms in total. The Morgan fingerprint density at radius 2 is 2.14 bits per heavy atom. The third kappa shape index (κ3) is 2.90. The molecule has 1 heterocycles. The second kappa shape index (κ2) is 5.80. The minimum absolute atomic E-state index is 0.183. The van der Waals surface area contributed by atoms with Crippen molar-refractivity contribution in [3.05, 3.63) is 38.3 Å². The first-order chi connectivity index (χ1) is 9.82. The number of likely N-dealkylation sites (tertiary alicyclic amines) is 1. The summed E-state index contributed by atoms with van der Waals surface area (Å²) in [5, 5.41) is 20.0. The van der Waals surface area contributed by atoms with Gasteiger partial charge in [-0.3, -0.25) is 19.7 Å². The topological polar surface area (TPSA) is 101 Å². The molecule has 0 spiro atoms. The molecule has 0 aliphatic carbocycles. The van der Waals surface area contributed by atoms with Gasteiger partial charge >= 0.3 is 5.97 Å². The lowest BCUT2D eigenvalue weighted by Gasteiger charge is -2.23. The van der Waals surface area contributed by atoms with E-state index in [0.717, 1.165) is 0 Å². The molecule has 0 radical (unpaired) electrons. The Bertz CT molecular complexity index is 619. The zero-order valence-electron chi connectivity index (χ0n) is 11.2. The molecule has 2 atom stereocenters. The number of carbonyl (C=O) groups excluding carboxylic acids is 1. The normalized spacial score (nSPS) is 21.3. The van der Waals surface area contributed by atoms with Crippen molar-refractivity contribution in [1.29, 1.82) is 0 Å². The van der Waals surface area contributed by atoms with Crippen LogP contribution in [0.4, 0.5) is 5.69 Å². The van der Waals surface area contributed by atoms with E-state index in [1.54, 1.807) is 6.92 Å². The summed E-state index contributed by atoms with van der Waals surface area (Å²) in [6, 6.07) is 3.70. The van der Waals surface area contributed by atoms with E-state index in [1.165, 1.54) is 23.1 Å². The summed E-state index contributed by atoms with van der Waals surface area (Å²) in [4.78, 5) is 35.2. The van der Waals surface area contributed by atoms with Gasteiger partial charge in [0, 0.05) is 24.2 Å². The number of carboxylic acids is 1. The summed E-state index contributed by atoms with van der Waals surface area (Å²) < 4.78 is 0.293. The van der Waals surface area contributed by atoms with Gasteiger partial charge in [0.25, 0.3) is 11.6 Å². The Kier molecular flexibility index (Phi) is 4.26. The zero-order chi connectivity index (χ0) is 15.7. The van der Waals surface area contributed by atoms with Crippen molar-refractivity contribution >= 4 is 33.5 Å². The molecule has 112 valence electrons. The quantitative estimate of drug-likeness (QED) is 0.661. The third-order valence-corrected chi connectivity index (χ3v) is 4.39. The van der Waals surface area contributed by atoms with E-state index in [2.05, 4.69) is 15.9 Å². The van der Waals surface area contributed by atoms with Crippen molar-refractivity contribution in [3.63, 3.8) is 0 Å². The summed E-state index contributed by atoms with van der Waals surface area (Å²) in [5.41, 5.74) is -0.00901. The minimum atomic E-state index is -0.931. The van der Waals surface area contributed by atoms with E-state index in [0.29, 0.717) is 17.4 Å². The standard InChI is InChI=1S/C13H13BrN2O5/c1-7-9(13(18)19)4-5-15(7)12(17)8-2-3-10(14)11(6-8)16(20)21/h2-3,6-7,9H,4-5H2,1H3,(H,18,19). The smallest absolute Gasteiger partial charge is 0.308 e. The van der Waals surface area contributed by atoms with Crippen LogP contribution in [0.25, 0.3) is 0 Å². The molecule has 2 unspecified atom stereocenters. The maximum Gasteiger partial charge on any atom is 0.308 e. The van der Waals surface area contributed by atoms with Crippen molar-refractivity contribution in [1.82, 2.24) is 4.90 Å². The number of carboxylic acid groups (broad SMARTS) is 1. The number of carbonyl (C=O) groups is 2. The molecule has 8 heteroatoms. The SMILES string of the molecule is CC1C(C(=O)O)CCN1C(=O)c1ccc(Br)c([N+](=O)[O-])c1. The average Bonchev–Trinajstić information content (AvgIpc) is 2.80. The highest BCUT2D eigenvalue weighted by Gasteiger charge is 2.38. The maximum atomic E-state index is 12.4. The van der Waals surface area contributed by atoms with Crippen molar-refractivity contribution in [3.8, 4) is 0 Å². The largest absolute Gasteiger partial charge is 0.481 e. The predicted molar refractivity (Wildman–Crippen MR) is 77.0 cm³/mol. The number of nitrogens with zero attached hydrogens (tertiary/aromatic N) is 2. The van der Waals surface area contributed by atoms with E-state index in [-0.39, 0.29) is 17.2 Å². The summed E-state index contributed by atoms with van der Waals surface area (Å²) in [6.45, 7) is 2.01. The molecular weight excluding hydrogens is 344 g/mol. The molecule has 1 aliphatic heterocycles. The van der Waals surface area contributed by atoms with Crippen LogP contribution in [0, 0.1) is 16.0 Å². The summed E-state index contributed by atoms with van der Waals surface area (Å²) >= 11 is 3.06. The Balaban J connectivity index is 2.27. The molecule has 1 aliphatic rings. The molecule has 1 aromatic rings. The van der Waals surface area contributed by atoms with Gasteiger partial charge in [0.1, 0.15) is 0 Å². The van der Waals surface area contributed by atoms with Crippen LogP contribution < -0.4 is 0 Å². The highest BCUT2D eigenvalue weighted by atomic mass is 79.9. The first-order valence-corrected chi connectivity index (χ1v) is 7.10. The molecule has 0 aromatic heterocycles. The van der Waals surface area contributed by atoms with Crippen molar-refractivity contribution < 1.29 is 19.6 Å². The van der Waals surface area contributed by atoms with E-state index < -0.39 is 22.9 Å². The summed E-state index contributed by atoms with van der Waals surface area (Å²) in [6.07, 6.45) is 0.390. The Hall–Kier alpha value is -1.96. The average molecular weight is 357 g/mol. The van der Waals surface area contributed by atoms with Crippen molar-refractivity contribution in [2.45, 2.75) is 19.4 Å². The van der Waals surface area contributed by atoms with Crippen LogP contribution in [0.1, 0.15) is 23.7 Å². The van der Waals surface area contributed by atoms with Crippen LogP contribution in [0.3, 0.4) is 0 Å². The Labute approximate surface area is 128 Å². The van der Waals surface area contributed by atoms with Gasteiger partial charge in [-0.2, -0.15) is 0 Å². The van der Waals surface area contributed by atoms with E-state index in [1.807, 2.05) is 0 Å². The molecule has 1 fully saturated rings. The van der Waals surface area contributed by atoms with Gasteiger partial charge in [0.05, 0.1) is 15.3 Å². The minimum Gasteiger partial charge on any atom is -0.481 e. The van der Waals surface area contributed by atoms with Gasteiger partial charge in [-0.15, -0.1) is 0 Å². The highest BCUT2D eigenvalue weighted by molar-refractivity contribution is 9.10. The molecule has 21 heavy (non-hydrogen) atoms. The van der Waals surface area contributed by atoms with Gasteiger partial charge < -0.3 is 10.0 Å². The molecule has 0 saturated carbocycles. The predicted octanol–water partition coefficient (Wildman–Crippen LogP) is 2.29. The van der Waals surface area contributed by atoms with Crippen LogP contribution in [0.5, 0.6) is 0 Å². The highest BCUT2D eigenvalue weighted by Crippen LogP contribution is 2.29. The van der Waals surface area contributed by atoms with Crippen LogP contribution in [-0.2, 0) is 4.79 Å². The van der Waals surface area contributed by atoms with Crippen molar-refractivity contribution in [2.75, 3.05) is 6.54 Å². The van der Waals surface area contributed by atoms with Gasteiger partial charge in [-0.1, -0.05) is 0 Å². The number of nitro groups is 1. The molecule has 1 N–H and O–H groups in total. The molecular formula is C13H13BrN2O5. The lowest BCUT2D eigenvalue weighted by atomic mass is 10.0. The fraction of sp³-hybridized carbons (Fsp3) is 0.385. The van der Waals surface area contributed by atoms with Crippen molar-refractivity contribution in [2.24, 2.45) is 5.92 Å². The first kappa shape index (κ1) is 15.4. The van der Waals surface area contributed by atoms with E-state index >= 15 is 0 Å². The zero-order valence-corrected chi connectivity index (χ0v) is 12.7. The van der Waals surface area contributed by atoms with E-state index in [4.69, 9.17) is 5.11 Å². The second-order valence-electron chi connectivity index (χ2n) is 4.90. The van der Waals surface area contributed by atoms with Gasteiger partial charge in [-0.25, -0.2) is 0 Å². The maximum absolute atomic E-state index is 12.4. The van der Waals surface area contributed by atoms with Crippen LogP contribution >= 0.6 is 15.9 Å². The number of amides is 1. The number of aliphatic carboxylic acids is 1. The number of nitro benzene ring substituents is 1. The van der Waals surface area contributed by atoms with Crippen LogP contribution in [-0.4, -0.2) is 39.4 Å². The summed E-state index contributed by atoms with van der Waals surface area (Å²) in [7, 11) is 0. The fourth-order valence-corrected chi connectivity index (χ4v) is 2.90. The van der Waals surface area contributed by atoms with Crippen LogP contribution in [0.15, 0.2) is 22.7 Å². The molecule has 1 amide bonds. The molecule has 1 aromatic carbocycles. The Morgan fingerprint density at radius 1 is 1.48 bits per heavy atom. The number of halogens is 1. The fourth-order valence-electron chi connectivity index (χ4n) is 2.51. The second-order valence-corrected chi connectivity index (χ2v) is 5.75. The molecule has 1 saturated heterocycles. The summed E-state index contributed by atoms with van der Waals surface area (Å²) in [5.74, 6) is -1.92. The monoisotopic (exact) mass is 356 g/mol.